The zero-order valence-corrected chi connectivity index (χ0v) is 13.1. The second-order valence-corrected chi connectivity index (χ2v) is 5.77. The fourth-order valence-corrected chi connectivity index (χ4v) is 3.06. The molecule has 0 bridgehead atoms. The minimum absolute atomic E-state index is 0.122. The maximum Gasteiger partial charge on any atom is 0.228 e. The summed E-state index contributed by atoms with van der Waals surface area (Å²) in [5.41, 5.74) is 2.12. The lowest BCUT2D eigenvalue weighted by Gasteiger charge is -2.35. The molecule has 1 aliphatic heterocycles. The summed E-state index contributed by atoms with van der Waals surface area (Å²) in [5.74, 6) is 0.122. The molecule has 1 amide bonds. The van der Waals surface area contributed by atoms with Gasteiger partial charge in [0.15, 0.2) is 0 Å². The van der Waals surface area contributed by atoms with Crippen molar-refractivity contribution in [3.63, 3.8) is 0 Å². The maximum absolute atomic E-state index is 12.7. The SMILES string of the molecule is CCc1ccccc1CNC(=O)C1(COC)CCNCC1. The summed E-state index contributed by atoms with van der Waals surface area (Å²) in [6, 6.07) is 8.28. The molecular weight excluding hydrogens is 264 g/mol. The molecule has 4 heteroatoms. The van der Waals surface area contributed by atoms with Crippen molar-refractivity contribution in [2.45, 2.75) is 32.7 Å². The zero-order valence-electron chi connectivity index (χ0n) is 13.1. The van der Waals surface area contributed by atoms with Crippen LogP contribution in [0.25, 0.3) is 0 Å². The Kier molecular flexibility index (Phi) is 5.76. The minimum atomic E-state index is -0.374. The summed E-state index contributed by atoms with van der Waals surface area (Å²) in [6.07, 6.45) is 2.66. The largest absolute Gasteiger partial charge is 0.384 e. The fourth-order valence-electron chi connectivity index (χ4n) is 3.06. The molecule has 116 valence electrons. The first kappa shape index (κ1) is 16.0. The van der Waals surface area contributed by atoms with Crippen molar-refractivity contribution < 1.29 is 9.53 Å². The lowest BCUT2D eigenvalue weighted by molar-refractivity contribution is -0.136. The van der Waals surface area contributed by atoms with Gasteiger partial charge in [0.1, 0.15) is 0 Å². The van der Waals surface area contributed by atoms with Crippen LogP contribution >= 0.6 is 0 Å². The van der Waals surface area contributed by atoms with E-state index in [1.807, 2.05) is 12.1 Å². The van der Waals surface area contributed by atoms with Gasteiger partial charge in [-0.05, 0) is 43.5 Å². The quantitative estimate of drug-likeness (QED) is 0.841. The van der Waals surface area contributed by atoms with Crippen LogP contribution in [0, 0.1) is 5.41 Å². The third kappa shape index (κ3) is 3.83. The third-order valence-electron chi connectivity index (χ3n) is 4.40. The number of carbonyl (C=O) groups is 1. The number of rotatable bonds is 6. The van der Waals surface area contributed by atoms with Gasteiger partial charge < -0.3 is 15.4 Å². The van der Waals surface area contributed by atoms with Gasteiger partial charge in [0.25, 0.3) is 0 Å². The molecule has 0 saturated carbocycles. The molecule has 0 atom stereocenters. The van der Waals surface area contributed by atoms with Gasteiger partial charge in [0.2, 0.25) is 5.91 Å². The number of benzene rings is 1. The lowest BCUT2D eigenvalue weighted by atomic mass is 9.78. The Labute approximate surface area is 127 Å². The first-order valence-corrected chi connectivity index (χ1v) is 7.76. The van der Waals surface area contributed by atoms with E-state index in [0.29, 0.717) is 13.2 Å². The summed E-state index contributed by atoms with van der Waals surface area (Å²) in [7, 11) is 1.67. The first-order valence-electron chi connectivity index (χ1n) is 7.76. The molecule has 1 aromatic carbocycles. The van der Waals surface area contributed by atoms with Gasteiger partial charge >= 0.3 is 0 Å². The van der Waals surface area contributed by atoms with Crippen LogP contribution < -0.4 is 10.6 Å². The number of carbonyl (C=O) groups excluding carboxylic acids is 1. The molecule has 1 aromatic rings. The van der Waals surface area contributed by atoms with Crippen LogP contribution in [0.2, 0.25) is 0 Å². The van der Waals surface area contributed by atoms with Crippen LogP contribution in [0.5, 0.6) is 0 Å². The topological polar surface area (TPSA) is 50.4 Å². The highest BCUT2D eigenvalue weighted by Crippen LogP contribution is 2.29. The zero-order chi connectivity index (χ0) is 15.1. The van der Waals surface area contributed by atoms with Crippen LogP contribution in [-0.4, -0.2) is 32.7 Å². The van der Waals surface area contributed by atoms with Crippen molar-refractivity contribution >= 4 is 5.91 Å². The number of methoxy groups -OCH3 is 1. The molecular formula is C17H26N2O2. The highest BCUT2D eigenvalue weighted by atomic mass is 16.5. The van der Waals surface area contributed by atoms with Crippen LogP contribution in [-0.2, 0) is 22.5 Å². The molecule has 1 saturated heterocycles. The Hall–Kier alpha value is -1.39. The molecule has 1 fully saturated rings. The Bertz CT molecular complexity index is 462. The number of hydrogen-bond acceptors (Lipinski definition) is 3. The molecule has 2 N–H and O–H groups in total. The Balaban J connectivity index is 2.02. The van der Waals surface area contributed by atoms with Gasteiger partial charge in [0, 0.05) is 13.7 Å². The van der Waals surface area contributed by atoms with Crippen molar-refractivity contribution in [1.82, 2.24) is 10.6 Å². The number of nitrogens with one attached hydrogen (secondary N) is 2. The monoisotopic (exact) mass is 290 g/mol. The molecule has 1 heterocycles. The first-order chi connectivity index (χ1) is 10.2. The number of aryl methyl sites for hydroxylation is 1. The summed E-state index contributed by atoms with van der Waals surface area (Å²) in [4.78, 5) is 12.7. The Morgan fingerprint density at radius 3 is 2.57 bits per heavy atom. The van der Waals surface area contributed by atoms with Crippen molar-refractivity contribution in [3.05, 3.63) is 35.4 Å². The van der Waals surface area contributed by atoms with E-state index in [1.165, 1.54) is 11.1 Å². The maximum atomic E-state index is 12.7. The van der Waals surface area contributed by atoms with Crippen molar-refractivity contribution in [2.75, 3.05) is 26.8 Å². The third-order valence-corrected chi connectivity index (χ3v) is 4.40. The van der Waals surface area contributed by atoms with Gasteiger partial charge in [-0.2, -0.15) is 0 Å². The van der Waals surface area contributed by atoms with Crippen molar-refractivity contribution in [1.29, 1.82) is 0 Å². The Morgan fingerprint density at radius 1 is 1.29 bits per heavy atom. The van der Waals surface area contributed by atoms with Gasteiger partial charge in [-0.25, -0.2) is 0 Å². The van der Waals surface area contributed by atoms with Gasteiger partial charge in [-0.15, -0.1) is 0 Å². The standard InChI is InChI=1S/C17H26N2O2/c1-3-14-6-4-5-7-15(14)12-19-16(20)17(13-21-2)8-10-18-11-9-17/h4-7,18H,3,8-13H2,1-2H3,(H,19,20). The van der Waals surface area contributed by atoms with Crippen LogP contribution in [0.3, 0.4) is 0 Å². The van der Waals surface area contributed by atoms with E-state index in [-0.39, 0.29) is 11.3 Å². The van der Waals surface area contributed by atoms with Gasteiger partial charge in [-0.1, -0.05) is 31.2 Å². The normalized spacial score (nSPS) is 17.4. The average molecular weight is 290 g/mol. The molecule has 0 unspecified atom stereocenters. The highest BCUT2D eigenvalue weighted by Gasteiger charge is 2.39. The summed E-state index contributed by atoms with van der Waals surface area (Å²) >= 11 is 0. The number of amides is 1. The van der Waals surface area contributed by atoms with Gasteiger partial charge in [0.05, 0.1) is 12.0 Å². The van der Waals surface area contributed by atoms with E-state index >= 15 is 0 Å². The number of ether oxygens (including phenoxy) is 1. The molecule has 2 rings (SSSR count). The van der Waals surface area contributed by atoms with E-state index < -0.39 is 0 Å². The van der Waals surface area contributed by atoms with E-state index in [9.17, 15) is 4.79 Å². The predicted octanol–water partition coefficient (Wildman–Crippen LogP) is 1.88. The number of hydrogen-bond donors (Lipinski definition) is 2. The second kappa shape index (κ2) is 7.57. The van der Waals surface area contributed by atoms with Crippen LogP contribution in [0.1, 0.15) is 30.9 Å². The molecule has 0 radical (unpaired) electrons. The van der Waals surface area contributed by atoms with Crippen LogP contribution in [0.4, 0.5) is 0 Å². The second-order valence-electron chi connectivity index (χ2n) is 5.77. The van der Waals surface area contributed by atoms with E-state index in [1.54, 1.807) is 7.11 Å². The molecule has 0 spiro atoms. The smallest absolute Gasteiger partial charge is 0.228 e. The van der Waals surface area contributed by atoms with Gasteiger partial charge in [-0.3, -0.25) is 4.79 Å². The van der Waals surface area contributed by atoms with E-state index in [2.05, 4.69) is 29.7 Å². The fraction of sp³-hybridized carbons (Fsp3) is 0.588. The molecule has 0 aromatic heterocycles. The summed E-state index contributed by atoms with van der Waals surface area (Å²) in [5, 5.41) is 6.43. The highest BCUT2D eigenvalue weighted by molar-refractivity contribution is 5.83. The average Bonchev–Trinajstić information content (AvgIpc) is 2.54. The van der Waals surface area contributed by atoms with E-state index in [4.69, 9.17) is 4.74 Å². The molecule has 1 aliphatic rings. The molecule has 21 heavy (non-hydrogen) atoms. The summed E-state index contributed by atoms with van der Waals surface area (Å²) < 4.78 is 5.31. The number of piperidine rings is 1. The minimum Gasteiger partial charge on any atom is -0.384 e. The molecule has 0 aliphatic carbocycles. The molecule has 4 nitrogen and oxygen atoms in total. The predicted molar refractivity (Wildman–Crippen MR) is 84.1 cm³/mol. The van der Waals surface area contributed by atoms with E-state index in [0.717, 1.165) is 32.4 Å². The summed E-state index contributed by atoms with van der Waals surface area (Å²) in [6.45, 7) is 4.99. The lowest BCUT2D eigenvalue weighted by Crippen LogP contribution is -2.50. The van der Waals surface area contributed by atoms with Crippen molar-refractivity contribution in [3.8, 4) is 0 Å². The van der Waals surface area contributed by atoms with Crippen LogP contribution in [0.15, 0.2) is 24.3 Å². The Morgan fingerprint density at radius 2 is 1.95 bits per heavy atom. The van der Waals surface area contributed by atoms with Crippen molar-refractivity contribution in [2.24, 2.45) is 5.41 Å².